The third-order valence-corrected chi connectivity index (χ3v) is 4.84. The third-order valence-electron chi connectivity index (χ3n) is 4.84. The summed E-state index contributed by atoms with van der Waals surface area (Å²) in [6.45, 7) is 12.5. The van der Waals surface area contributed by atoms with E-state index in [0.29, 0.717) is 5.92 Å². The van der Waals surface area contributed by atoms with Crippen molar-refractivity contribution in [1.82, 2.24) is 5.32 Å². The average molecular weight is 347 g/mol. The predicted molar refractivity (Wildman–Crippen MR) is 99.1 cm³/mol. The molecule has 1 heterocycles. The van der Waals surface area contributed by atoms with E-state index < -0.39 is 24.4 Å². The summed E-state index contributed by atoms with van der Waals surface area (Å²) in [4.78, 5) is 12.2. The number of carbonyl (C=O) groups is 1. The lowest BCUT2D eigenvalue weighted by atomic mass is 9.74. The Balaban J connectivity index is 1.97. The van der Waals surface area contributed by atoms with Gasteiger partial charge in [0.1, 0.15) is 6.61 Å². The lowest BCUT2D eigenvalue weighted by Gasteiger charge is -2.32. The van der Waals surface area contributed by atoms with Gasteiger partial charge in [0, 0.05) is 0 Å². The molecule has 0 radical (unpaired) electrons. The van der Waals surface area contributed by atoms with Crippen LogP contribution in [0.25, 0.3) is 0 Å². The van der Waals surface area contributed by atoms with Gasteiger partial charge in [-0.25, -0.2) is 4.79 Å². The topological polar surface area (TPSA) is 56.8 Å². The number of alkyl carbamates (subject to hydrolysis) is 1. The first-order chi connectivity index (χ1) is 11.6. The van der Waals surface area contributed by atoms with Gasteiger partial charge in [-0.1, -0.05) is 44.2 Å². The minimum absolute atomic E-state index is 0.241. The molecule has 1 fully saturated rings. The van der Waals surface area contributed by atoms with E-state index in [9.17, 15) is 4.79 Å². The SMILES string of the molecule is CC(C)CC(NC(=O)OCc1ccccc1)B1OC(C)(C)C(C)(C)O1. The van der Waals surface area contributed by atoms with E-state index >= 15 is 0 Å². The number of carbonyl (C=O) groups excluding carboxylic acids is 1. The van der Waals surface area contributed by atoms with Gasteiger partial charge in [0.05, 0.1) is 17.1 Å². The van der Waals surface area contributed by atoms with Crippen molar-refractivity contribution in [3.8, 4) is 0 Å². The maximum absolute atomic E-state index is 12.2. The molecule has 6 heteroatoms. The first-order valence-electron chi connectivity index (χ1n) is 8.93. The van der Waals surface area contributed by atoms with Gasteiger partial charge in [0.2, 0.25) is 0 Å². The van der Waals surface area contributed by atoms with E-state index in [0.717, 1.165) is 12.0 Å². The molecule has 1 unspecified atom stereocenters. The van der Waals surface area contributed by atoms with Crippen LogP contribution in [-0.2, 0) is 20.7 Å². The first kappa shape index (κ1) is 19.8. The van der Waals surface area contributed by atoms with Crippen molar-refractivity contribution in [1.29, 1.82) is 0 Å². The largest absolute Gasteiger partial charge is 0.482 e. The van der Waals surface area contributed by atoms with Crippen molar-refractivity contribution < 1.29 is 18.8 Å². The van der Waals surface area contributed by atoms with Crippen molar-refractivity contribution in [2.24, 2.45) is 5.92 Å². The smallest absolute Gasteiger partial charge is 0.445 e. The highest BCUT2D eigenvalue weighted by atomic mass is 16.7. The Labute approximate surface area is 151 Å². The summed E-state index contributed by atoms with van der Waals surface area (Å²) in [7, 11) is -0.489. The summed E-state index contributed by atoms with van der Waals surface area (Å²) in [5, 5.41) is 2.92. The average Bonchev–Trinajstić information content (AvgIpc) is 2.73. The van der Waals surface area contributed by atoms with Crippen molar-refractivity contribution in [3.05, 3.63) is 35.9 Å². The van der Waals surface area contributed by atoms with Crippen LogP contribution in [0.5, 0.6) is 0 Å². The molecule has 5 nitrogen and oxygen atoms in total. The maximum atomic E-state index is 12.2. The van der Waals surface area contributed by atoms with Crippen LogP contribution in [0.15, 0.2) is 30.3 Å². The van der Waals surface area contributed by atoms with E-state index in [-0.39, 0.29) is 12.5 Å². The minimum Gasteiger partial charge on any atom is -0.445 e. The van der Waals surface area contributed by atoms with Gasteiger partial charge < -0.3 is 19.4 Å². The first-order valence-corrected chi connectivity index (χ1v) is 8.93. The van der Waals surface area contributed by atoms with Crippen LogP contribution in [0.4, 0.5) is 4.79 Å². The number of hydrogen-bond acceptors (Lipinski definition) is 4. The monoisotopic (exact) mass is 347 g/mol. The molecule has 1 N–H and O–H groups in total. The maximum Gasteiger partial charge on any atom is 0.482 e. The molecular formula is C19H30BNO4. The van der Waals surface area contributed by atoms with Crippen LogP contribution in [0.2, 0.25) is 0 Å². The molecule has 0 bridgehead atoms. The molecule has 1 amide bonds. The Bertz CT molecular complexity index is 558. The van der Waals surface area contributed by atoms with Crippen LogP contribution < -0.4 is 5.32 Å². The Hall–Kier alpha value is -1.53. The zero-order valence-electron chi connectivity index (χ0n) is 16.2. The van der Waals surface area contributed by atoms with Crippen LogP contribution >= 0.6 is 0 Å². The zero-order chi connectivity index (χ0) is 18.7. The van der Waals surface area contributed by atoms with Crippen LogP contribution in [-0.4, -0.2) is 30.4 Å². The van der Waals surface area contributed by atoms with Crippen LogP contribution in [0, 0.1) is 5.92 Å². The van der Waals surface area contributed by atoms with Crippen molar-refractivity contribution in [2.45, 2.75) is 71.7 Å². The summed E-state index contributed by atoms with van der Waals surface area (Å²) >= 11 is 0. The van der Waals surface area contributed by atoms with Gasteiger partial charge in [-0.15, -0.1) is 0 Å². The molecule has 0 spiro atoms. The normalized spacial score (nSPS) is 19.7. The molecule has 2 rings (SSSR count). The summed E-state index contributed by atoms with van der Waals surface area (Å²) < 4.78 is 17.5. The highest BCUT2D eigenvalue weighted by molar-refractivity contribution is 6.48. The standard InChI is InChI=1S/C19H30BNO4/c1-14(2)12-16(20-24-18(3,4)19(5,6)25-20)21-17(22)23-13-15-10-8-7-9-11-15/h7-11,14,16H,12-13H2,1-6H3,(H,21,22). The van der Waals surface area contributed by atoms with E-state index in [1.165, 1.54) is 0 Å². The minimum atomic E-state index is -0.489. The highest BCUT2D eigenvalue weighted by Gasteiger charge is 2.54. The molecule has 1 aromatic carbocycles. The lowest BCUT2D eigenvalue weighted by molar-refractivity contribution is 0.00578. The van der Waals surface area contributed by atoms with E-state index in [1.807, 2.05) is 58.0 Å². The van der Waals surface area contributed by atoms with Gasteiger partial charge in [-0.2, -0.15) is 0 Å². The van der Waals surface area contributed by atoms with Crippen molar-refractivity contribution in [2.75, 3.05) is 0 Å². The highest BCUT2D eigenvalue weighted by Crippen LogP contribution is 2.38. The second-order valence-corrected chi connectivity index (χ2v) is 8.07. The molecule has 0 aromatic heterocycles. The summed E-state index contributed by atoms with van der Waals surface area (Å²) in [5.41, 5.74) is 0.0964. The molecule has 138 valence electrons. The second-order valence-electron chi connectivity index (χ2n) is 8.07. The Morgan fingerprint density at radius 1 is 1.12 bits per heavy atom. The molecule has 1 aromatic rings. The molecule has 1 aliphatic heterocycles. The van der Waals surface area contributed by atoms with Gasteiger partial charge >= 0.3 is 13.2 Å². The predicted octanol–water partition coefficient (Wildman–Crippen LogP) is 3.96. The summed E-state index contributed by atoms with van der Waals surface area (Å²) in [5.74, 6) is 0.128. The van der Waals surface area contributed by atoms with E-state index in [2.05, 4.69) is 19.2 Å². The Morgan fingerprint density at radius 3 is 2.20 bits per heavy atom. The zero-order valence-corrected chi connectivity index (χ0v) is 16.2. The van der Waals surface area contributed by atoms with Crippen molar-refractivity contribution in [3.63, 3.8) is 0 Å². The number of benzene rings is 1. The van der Waals surface area contributed by atoms with Crippen LogP contribution in [0.1, 0.15) is 53.5 Å². The molecule has 0 aliphatic carbocycles. The number of amides is 1. The summed E-state index contributed by atoms with van der Waals surface area (Å²) in [6, 6.07) is 9.62. The van der Waals surface area contributed by atoms with E-state index in [1.54, 1.807) is 0 Å². The van der Waals surface area contributed by atoms with E-state index in [4.69, 9.17) is 14.0 Å². The van der Waals surface area contributed by atoms with Crippen molar-refractivity contribution >= 4 is 13.2 Å². The molecule has 0 saturated carbocycles. The Morgan fingerprint density at radius 2 is 1.68 bits per heavy atom. The van der Waals surface area contributed by atoms with Gasteiger partial charge in [-0.05, 0) is 45.6 Å². The molecule has 1 atom stereocenters. The van der Waals surface area contributed by atoms with Gasteiger partial charge in [0.15, 0.2) is 0 Å². The third kappa shape index (κ3) is 5.22. The fourth-order valence-corrected chi connectivity index (χ4v) is 2.72. The summed E-state index contributed by atoms with van der Waals surface area (Å²) in [6.07, 6.45) is 0.293. The van der Waals surface area contributed by atoms with Gasteiger partial charge in [0.25, 0.3) is 0 Å². The quantitative estimate of drug-likeness (QED) is 0.792. The number of hydrogen-bond donors (Lipinski definition) is 1. The lowest BCUT2D eigenvalue weighted by Crippen LogP contribution is -2.48. The Kier molecular flexibility index (Phi) is 6.17. The molecule has 25 heavy (non-hydrogen) atoms. The van der Waals surface area contributed by atoms with Crippen LogP contribution in [0.3, 0.4) is 0 Å². The fourth-order valence-electron chi connectivity index (χ4n) is 2.72. The molecular weight excluding hydrogens is 317 g/mol. The van der Waals surface area contributed by atoms with Gasteiger partial charge in [-0.3, -0.25) is 0 Å². The number of nitrogens with one attached hydrogen (secondary N) is 1. The molecule has 1 aliphatic rings. The number of ether oxygens (including phenoxy) is 1. The fraction of sp³-hybridized carbons (Fsp3) is 0.632. The molecule has 1 saturated heterocycles. The number of rotatable bonds is 6. The second kappa shape index (κ2) is 7.79.